The molecule has 0 saturated heterocycles. The minimum Gasteiger partial charge on any atom is -0.508 e. The van der Waals surface area contributed by atoms with Crippen LogP contribution in [0.1, 0.15) is 69.6 Å². The standard InChI is InChI=1S/C20H30O2/c1-12(2)15-9-13-5-6-17-16(10-14(13)11-19(15)22)18(21)7-8-20(17,3)4/h9,11-12,16-18,21-22H,5-8,10H2,1-4H3/t16-,17-,18?/m1/s1. The van der Waals surface area contributed by atoms with Crippen molar-refractivity contribution in [3.63, 3.8) is 0 Å². The lowest BCUT2D eigenvalue weighted by atomic mass is 9.61. The molecule has 2 heteroatoms. The van der Waals surface area contributed by atoms with Crippen molar-refractivity contribution in [2.24, 2.45) is 17.3 Å². The van der Waals surface area contributed by atoms with Gasteiger partial charge in [-0.1, -0.05) is 33.8 Å². The van der Waals surface area contributed by atoms with Gasteiger partial charge in [-0.2, -0.15) is 0 Å². The normalized spacial score (nSPS) is 30.5. The third-order valence-corrected chi connectivity index (χ3v) is 6.25. The minimum absolute atomic E-state index is 0.184. The first-order valence-electron chi connectivity index (χ1n) is 8.82. The van der Waals surface area contributed by atoms with Gasteiger partial charge < -0.3 is 10.2 Å². The van der Waals surface area contributed by atoms with Gasteiger partial charge in [0.25, 0.3) is 0 Å². The quantitative estimate of drug-likeness (QED) is 0.806. The van der Waals surface area contributed by atoms with Gasteiger partial charge in [-0.05, 0) is 78.0 Å². The zero-order valence-electron chi connectivity index (χ0n) is 14.4. The summed E-state index contributed by atoms with van der Waals surface area (Å²) in [5.41, 5.74) is 4.02. The first-order valence-corrected chi connectivity index (χ1v) is 8.82. The zero-order chi connectivity index (χ0) is 16.1. The summed E-state index contributed by atoms with van der Waals surface area (Å²) in [5.74, 6) is 1.69. The summed E-state index contributed by atoms with van der Waals surface area (Å²) in [6, 6.07) is 4.19. The molecule has 2 N–H and O–H groups in total. The van der Waals surface area contributed by atoms with E-state index in [0.29, 0.717) is 28.9 Å². The van der Waals surface area contributed by atoms with E-state index in [1.54, 1.807) is 0 Å². The van der Waals surface area contributed by atoms with E-state index in [9.17, 15) is 10.2 Å². The van der Waals surface area contributed by atoms with Crippen LogP contribution in [-0.2, 0) is 12.8 Å². The van der Waals surface area contributed by atoms with Gasteiger partial charge in [0.2, 0.25) is 0 Å². The number of rotatable bonds is 1. The van der Waals surface area contributed by atoms with Gasteiger partial charge in [-0.3, -0.25) is 0 Å². The van der Waals surface area contributed by atoms with Crippen molar-refractivity contribution in [3.8, 4) is 5.75 Å². The Morgan fingerprint density at radius 3 is 2.55 bits per heavy atom. The maximum absolute atomic E-state index is 10.5. The van der Waals surface area contributed by atoms with Gasteiger partial charge in [-0.25, -0.2) is 0 Å². The molecule has 2 nitrogen and oxygen atoms in total. The van der Waals surface area contributed by atoms with E-state index in [4.69, 9.17) is 0 Å². The van der Waals surface area contributed by atoms with Crippen molar-refractivity contribution in [1.29, 1.82) is 0 Å². The smallest absolute Gasteiger partial charge is 0.119 e. The second kappa shape index (κ2) is 5.56. The maximum atomic E-state index is 10.5. The zero-order valence-corrected chi connectivity index (χ0v) is 14.4. The van der Waals surface area contributed by atoms with E-state index in [2.05, 4.69) is 33.8 Å². The van der Waals surface area contributed by atoms with Gasteiger partial charge in [0.05, 0.1) is 6.10 Å². The first kappa shape index (κ1) is 15.9. The van der Waals surface area contributed by atoms with E-state index in [-0.39, 0.29) is 6.10 Å². The number of hydrogen-bond acceptors (Lipinski definition) is 2. The largest absolute Gasteiger partial charge is 0.508 e. The average molecular weight is 302 g/mol. The fourth-order valence-corrected chi connectivity index (χ4v) is 4.80. The Balaban J connectivity index is 1.98. The van der Waals surface area contributed by atoms with E-state index >= 15 is 0 Å². The molecule has 0 radical (unpaired) electrons. The number of hydrogen-bond donors (Lipinski definition) is 2. The van der Waals surface area contributed by atoms with Crippen molar-refractivity contribution in [2.75, 3.05) is 0 Å². The fourth-order valence-electron chi connectivity index (χ4n) is 4.80. The lowest BCUT2D eigenvalue weighted by Gasteiger charge is -2.46. The second-order valence-corrected chi connectivity index (χ2v) is 8.44. The monoisotopic (exact) mass is 302 g/mol. The predicted octanol–water partition coefficient (Wildman–Crippen LogP) is 4.42. The molecule has 3 rings (SSSR count). The topological polar surface area (TPSA) is 40.5 Å². The highest BCUT2D eigenvalue weighted by molar-refractivity contribution is 5.44. The number of fused-ring (bicyclic) bond motifs is 2. The van der Waals surface area contributed by atoms with E-state index in [1.165, 1.54) is 11.1 Å². The van der Waals surface area contributed by atoms with E-state index in [1.807, 2.05) is 6.07 Å². The number of aliphatic hydroxyl groups is 1. The van der Waals surface area contributed by atoms with Gasteiger partial charge in [-0.15, -0.1) is 0 Å². The van der Waals surface area contributed by atoms with Crippen LogP contribution in [0.5, 0.6) is 5.75 Å². The molecule has 1 saturated carbocycles. The Morgan fingerprint density at radius 2 is 1.86 bits per heavy atom. The highest BCUT2D eigenvalue weighted by Gasteiger charge is 2.44. The van der Waals surface area contributed by atoms with E-state index < -0.39 is 0 Å². The Bertz CT molecular complexity index is 559. The number of benzene rings is 1. The third-order valence-electron chi connectivity index (χ3n) is 6.25. The third kappa shape index (κ3) is 2.67. The van der Waals surface area contributed by atoms with Crippen molar-refractivity contribution < 1.29 is 10.2 Å². The van der Waals surface area contributed by atoms with Crippen LogP contribution in [0.2, 0.25) is 0 Å². The SMILES string of the molecule is CC(C)c1cc2c(cc1O)C[C@H]1C(O)CCC(C)(C)[C@@H]1CC2. The van der Waals surface area contributed by atoms with Gasteiger partial charge >= 0.3 is 0 Å². The average Bonchev–Trinajstić information content (AvgIpc) is 2.62. The molecular weight excluding hydrogens is 272 g/mol. The summed E-state index contributed by atoms with van der Waals surface area (Å²) in [7, 11) is 0. The minimum atomic E-state index is -0.184. The molecular formula is C20H30O2. The van der Waals surface area contributed by atoms with Crippen LogP contribution in [0, 0.1) is 17.3 Å². The molecule has 122 valence electrons. The highest BCUT2D eigenvalue weighted by atomic mass is 16.3. The molecule has 3 atom stereocenters. The predicted molar refractivity (Wildman–Crippen MR) is 90.2 cm³/mol. The Hall–Kier alpha value is -1.02. The van der Waals surface area contributed by atoms with Crippen LogP contribution in [0.4, 0.5) is 0 Å². The van der Waals surface area contributed by atoms with Crippen molar-refractivity contribution in [1.82, 2.24) is 0 Å². The molecule has 0 amide bonds. The summed E-state index contributed by atoms with van der Waals surface area (Å²) in [6.07, 6.45) is 5.00. The molecule has 1 aromatic carbocycles. The van der Waals surface area contributed by atoms with Crippen molar-refractivity contribution in [2.45, 2.75) is 71.8 Å². The molecule has 2 aliphatic carbocycles. The van der Waals surface area contributed by atoms with E-state index in [0.717, 1.165) is 37.7 Å². The van der Waals surface area contributed by atoms with Crippen molar-refractivity contribution in [3.05, 3.63) is 28.8 Å². The number of aromatic hydroxyl groups is 1. The molecule has 1 fully saturated rings. The van der Waals surface area contributed by atoms with Crippen LogP contribution in [-0.4, -0.2) is 16.3 Å². The van der Waals surface area contributed by atoms with Crippen LogP contribution < -0.4 is 0 Å². The Morgan fingerprint density at radius 1 is 1.14 bits per heavy atom. The molecule has 1 unspecified atom stereocenters. The van der Waals surface area contributed by atoms with Gasteiger partial charge in [0, 0.05) is 0 Å². The van der Waals surface area contributed by atoms with Gasteiger partial charge in [0.1, 0.15) is 5.75 Å². The number of aryl methyl sites for hydroxylation is 1. The summed E-state index contributed by atoms with van der Waals surface area (Å²) >= 11 is 0. The summed E-state index contributed by atoms with van der Waals surface area (Å²) in [4.78, 5) is 0. The lowest BCUT2D eigenvalue weighted by molar-refractivity contribution is -0.0344. The Labute approximate surface area is 134 Å². The molecule has 2 aliphatic rings. The fraction of sp³-hybridized carbons (Fsp3) is 0.700. The second-order valence-electron chi connectivity index (χ2n) is 8.44. The lowest BCUT2D eigenvalue weighted by Crippen LogP contribution is -2.43. The van der Waals surface area contributed by atoms with Crippen molar-refractivity contribution >= 4 is 0 Å². The number of aliphatic hydroxyl groups excluding tert-OH is 1. The molecule has 0 aliphatic heterocycles. The van der Waals surface area contributed by atoms with Crippen LogP contribution >= 0.6 is 0 Å². The molecule has 0 aromatic heterocycles. The summed E-state index contributed by atoms with van der Waals surface area (Å²) in [6.45, 7) is 8.99. The maximum Gasteiger partial charge on any atom is 0.119 e. The first-order chi connectivity index (χ1) is 10.3. The number of phenols is 1. The van der Waals surface area contributed by atoms with Crippen LogP contribution in [0.25, 0.3) is 0 Å². The molecule has 0 heterocycles. The number of phenolic OH excluding ortho intramolecular Hbond substituents is 1. The molecule has 0 bridgehead atoms. The molecule has 0 spiro atoms. The summed E-state index contributed by atoms with van der Waals surface area (Å²) < 4.78 is 0. The summed E-state index contributed by atoms with van der Waals surface area (Å²) in [5, 5.41) is 20.9. The van der Waals surface area contributed by atoms with Crippen LogP contribution in [0.3, 0.4) is 0 Å². The molecule has 22 heavy (non-hydrogen) atoms. The van der Waals surface area contributed by atoms with Gasteiger partial charge in [0.15, 0.2) is 0 Å². The highest BCUT2D eigenvalue weighted by Crippen LogP contribution is 2.49. The Kier molecular flexibility index (Phi) is 4.01. The van der Waals surface area contributed by atoms with Crippen LogP contribution in [0.15, 0.2) is 12.1 Å². The molecule has 1 aromatic rings.